The summed E-state index contributed by atoms with van der Waals surface area (Å²) < 4.78 is 7.17. The molecule has 2 N–H and O–H groups in total. The minimum atomic E-state index is 0.578. The summed E-state index contributed by atoms with van der Waals surface area (Å²) in [7, 11) is 2.08. The van der Waals surface area contributed by atoms with Gasteiger partial charge in [0.1, 0.15) is 11.6 Å². The fourth-order valence-corrected chi connectivity index (χ4v) is 1.75. The minimum Gasteiger partial charge on any atom is -0.468 e. The molecular weight excluding hydrogens is 216 g/mol. The Morgan fingerprint density at radius 2 is 2.35 bits per heavy atom. The molecule has 2 aromatic rings. The first kappa shape index (κ1) is 11.7. The van der Waals surface area contributed by atoms with E-state index in [4.69, 9.17) is 10.2 Å². The van der Waals surface area contributed by atoms with E-state index in [-0.39, 0.29) is 0 Å². The molecule has 0 amide bonds. The van der Waals surface area contributed by atoms with Crippen LogP contribution >= 0.6 is 0 Å². The predicted molar refractivity (Wildman–Crippen MR) is 66.3 cm³/mol. The number of anilines is 1. The number of nitrogens with zero attached hydrogens (tertiary/aromatic N) is 3. The van der Waals surface area contributed by atoms with Gasteiger partial charge in [-0.05, 0) is 31.7 Å². The summed E-state index contributed by atoms with van der Waals surface area (Å²) in [6.07, 6.45) is 4.65. The number of rotatable bonds is 6. The lowest BCUT2D eigenvalue weighted by Crippen LogP contribution is -2.20. The van der Waals surface area contributed by atoms with Crippen LogP contribution < -0.4 is 5.73 Å². The van der Waals surface area contributed by atoms with Gasteiger partial charge >= 0.3 is 0 Å². The van der Waals surface area contributed by atoms with Crippen LogP contribution in [0.3, 0.4) is 0 Å². The second-order valence-corrected chi connectivity index (χ2v) is 4.17. The molecule has 5 heteroatoms. The summed E-state index contributed by atoms with van der Waals surface area (Å²) >= 11 is 0. The molecule has 0 aliphatic carbocycles. The topological polar surface area (TPSA) is 60.2 Å². The van der Waals surface area contributed by atoms with Gasteiger partial charge in [0.15, 0.2) is 0 Å². The standard InChI is InChI=1S/C12H18N4O/c1-15(10-11-4-2-9-17-11)6-3-7-16-8-5-12(13)14-16/h2,4-5,8-9H,3,6-7,10H2,1H3,(H2,13,14). The Morgan fingerprint density at radius 1 is 1.47 bits per heavy atom. The smallest absolute Gasteiger partial charge is 0.145 e. The molecule has 0 saturated carbocycles. The fraction of sp³-hybridized carbons (Fsp3) is 0.417. The summed E-state index contributed by atoms with van der Waals surface area (Å²) in [5.74, 6) is 1.57. The molecule has 0 bridgehead atoms. The zero-order chi connectivity index (χ0) is 12.1. The molecule has 0 aliphatic heterocycles. The number of aryl methyl sites for hydroxylation is 1. The van der Waals surface area contributed by atoms with Gasteiger partial charge in [-0.15, -0.1) is 0 Å². The zero-order valence-corrected chi connectivity index (χ0v) is 10.0. The first-order chi connectivity index (χ1) is 8.24. The van der Waals surface area contributed by atoms with Crippen molar-refractivity contribution >= 4 is 5.82 Å². The molecule has 0 aliphatic rings. The van der Waals surface area contributed by atoms with Crippen LogP contribution in [0.15, 0.2) is 35.1 Å². The lowest BCUT2D eigenvalue weighted by Gasteiger charge is -2.14. The van der Waals surface area contributed by atoms with Crippen molar-refractivity contribution < 1.29 is 4.42 Å². The third-order valence-corrected chi connectivity index (χ3v) is 2.59. The van der Waals surface area contributed by atoms with E-state index in [9.17, 15) is 0 Å². The normalized spacial score (nSPS) is 11.2. The Kier molecular flexibility index (Phi) is 3.82. The fourth-order valence-electron chi connectivity index (χ4n) is 1.75. The summed E-state index contributed by atoms with van der Waals surface area (Å²) in [5, 5.41) is 4.14. The maximum Gasteiger partial charge on any atom is 0.145 e. The molecule has 5 nitrogen and oxygen atoms in total. The molecule has 92 valence electrons. The van der Waals surface area contributed by atoms with Crippen molar-refractivity contribution in [1.29, 1.82) is 0 Å². The first-order valence-electron chi connectivity index (χ1n) is 5.74. The molecule has 0 unspecified atom stereocenters. The van der Waals surface area contributed by atoms with E-state index in [2.05, 4.69) is 17.0 Å². The van der Waals surface area contributed by atoms with Crippen LogP contribution in [0.1, 0.15) is 12.2 Å². The summed E-state index contributed by atoms with van der Waals surface area (Å²) in [5.41, 5.74) is 5.55. The van der Waals surface area contributed by atoms with E-state index in [1.54, 1.807) is 6.26 Å². The van der Waals surface area contributed by atoms with Crippen LogP contribution in [0.5, 0.6) is 0 Å². The van der Waals surface area contributed by atoms with Gasteiger partial charge in [0.25, 0.3) is 0 Å². The van der Waals surface area contributed by atoms with Gasteiger partial charge in [0.05, 0.1) is 12.8 Å². The first-order valence-corrected chi connectivity index (χ1v) is 5.74. The van der Waals surface area contributed by atoms with E-state index in [1.807, 2.05) is 29.1 Å². The number of furan rings is 1. The van der Waals surface area contributed by atoms with Crippen molar-refractivity contribution in [2.45, 2.75) is 19.5 Å². The highest BCUT2D eigenvalue weighted by molar-refractivity contribution is 5.23. The van der Waals surface area contributed by atoms with Gasteiger partial charge in [-0.25, -0.2) is 0 Å². The van der Waals surface area contributed by atoms with Gasteiger partial charge in [-0.1, -0.05) is 0 Å². The average molecular weight is 234 g/mol. The largest absolute Gasteiger partial charge is 0.468 e. The van der Waals surface area contributed by atoms with Crippen molar-refractivity contribution in [2.24, 2.45) is 0 Å². The van der Waals surface area contributed by atoms with Crippen LogP contribution in [0.25, 0.3) is 0 Å². The van der Waals surface area contributed by atoms with Crippen LogP contribution in [0.4, 0.5) is 5.82 Å². The van der Waals surface area contributed by atoms with Crippen molar-refractivity contribution in [3.63, 3.8) is 0 Å². The number of hydrogen-bond donors (Lipinski definition) is 1. The quantitative estimate of drug-likeness (QED) is 0.824. The lowest BCUT2D eigenvalue weighted by molar-refractivity contribution is 0.284. The maximum absolute atomic E-state index is 5.55. The van der Waals surface area contributed by atoms with E-state index in [1.165, 1.54) is 0 Å². The Hall–Kier alpha value is -1.75. The predicted octanol–water partition coefficient (Wildman–Crippen LogP) is 1.58. The number of nitrogens with two attached hydrogens (primary N) is 1. The third-order valence-electron chi connectivity index (χ3n) is 2.59. The minimum absolute atomic E-state index is 0.578. The van der Waals surface area contributed by atoms with E-state index < -0.39 is 0 Å². The molecule has 2 heterocycles. The molecule has 2 rings (SSSR count). The van der Waals surface area contributed by atoms with E-state index in [0.29, 0.717) is 5.82 Å². The SMILES string of the molecule is CN(CCCn1ccc(N)n1)Cc1ccco1. The Balaban J connectivity index is 1.68. The highest BCUT2D eigenvalue weighted by atomic mass is 16.3. The highest BCUT2D eigenvalue weighted by Gasteiger charge is 2.02. The second-order valence-electron chi connectivity index (χ2n) is 4.17. The Labute approximate surface area is 101 Å². The Morgan fingerprint density at radius 3 is 3.00 bits per heavy atom. The van der Waals surface area contributed by atoms with Crippen LogP contribution in [-0.4, -0.2) is 28.3 Å². The number of hydrogen-bond acceptors (Lipinski definition) is 4. The zero-order valence-electron chi connectivity index (χ0n) is 10.0. The van der Waals surface area contributed by atoms with Gasteiger partial charge in [-0.2, -0.15) is 5.10 Å². The van der Waals surface area contributed by atoms with Crippen molar-refractivity contribution in [3.8, 4) is 0 Å². The lowest BCUT2D eigenvalue weighted by atomic mass is 10.3. The van der Waals surface area contributed by atoms with Gasteiger partial charge in [0.2, 0.25) is 0 Å². The average Bonchev–Trinajstić information content (AvgIpc) is 2.90. The molecule has 0 spiro atoms. The molecule has 0 fully saturated rings. The second kappa shape index (κ2) is 5.54. The number of aromatic nitrogens is 2. The van der Waals surface area contributed by atoms with Gasteiger partial charge in [0, 0.05) is 19.3 Å². The van der Waals surface area contributed by atoms with Crippen LogP contribution in [0, 0.1) is 0 Å². The maximum atomic E-state index is 5.55. The molecule has 2 aromatic heterocycles. The van der Waals surface area contributed by atoms with Gasteiger partial charge in [-0.3, -0.25) is 9.58 Å². The highest BCUT2D eigenvalue weighted by Crippen LogP contribution is 2.04. The summed E-state index contributed by atoms with van der Waals surface area (Å²) in [6.45, 7) is 2.73. The molecule has 0 atom stereocenters. The van der Waals surface area contributed by atoms with Gasteiger partial charge < -0.3 is 10.2 Å². The molecule has 0 aromatic carbocycles. The summed E-state index contributed by atoms with van der Waals surface area (Å²) in [6, 6.07) is 5.72. The molecule has 0 radical (unpaired) electrons. The number of nitrogen functional groups attached to an aromatic ring is 1. The Bertz CT molecular complexity index is 435. The van der Waals surface area contributed by atoms with E-state index >= 15 is 0 Å². The van der Waals surface area contributed by atoms with Crippen molar-refractivity contribution in [1.82, 2.24) is 14.7 Å². The molecule has 0 saturated heterocycles. The van der Waals surface area contributed by atoms with Crippen molar-refractivity contribution in [2.75, 3.05) is 19.3 Å². The van der Waals surface area contributed by atoms with E-state index in [0.717, 1.165) is 31.8 Å². The van der Waals surface area contributed by atoms with Crippen LogP contribution in [-0.2, 0) is 13.1 Å². The third kappa shape index (κ3) is 3.64. The summed E-state index contributed by atoms with van der Waals surface area (Å²) in [4.78, 5) is 2.23. The molecular formula is C12H18N4O. The monoisotopic (exact) mass is 234 g/mol. The molecule has 17 heavy (non-hydrogen) atoms. The van der Waals surface area contributed by atoms with Crippen molar-refractivity contribution in [3.05, 3.63) is 36.4 Å². The van der Waals surface area contributed by atoms with Crippen LogP contribution in [0.2, 0.25) is 0 Å².